The molecule has 1 saturated heterocycles. The van der Waals surface area contributed by atoms with E-state index in [-0.39, 0.29) is 0 Å². The molecule has 136 valence electrons. The van der Waals surface area contributed by atoms with E-state index in [1.807, 2.05) is 18.5 Å². The standard InChI is InChI=1S/C19H29N5O/c1-15(2)10-18(24-6-8-25-9-7-24)14-21-12-17-13-22-23-19(17)16-4-3-5-20-11-16/h3-5,11,13,15,18,21H,6-10,12,14H2,1-2H3,(H,22,23)/t18-/m1/s1. The Bertz CT molecular complexity index is 622. The maximum absolute atomic E-state index is 5.50. The van der Waals surface area contributed by atoms with Gasteiger partial charge in [0, 0.05) is 55.7 Å². The van der Waals surface area contributed by atoms with Gasteiger partial charge in [0.05, 0.1) is 25.1 Å². The van der Waals surface area contributed by atoms with Crippen molar-refractivity contribution in [3.63, 3.8) is 0 Å². The second-order valence-electron chi connectivity index (χ2n) is 7.07. The molecule has 0 aromatic carbocycles. The third kappa shape index (κ3) is 5.11. The Labute approximate surface area is 150 Å². The molecular weight excluding hydrogens is 314 g/mol. The average Bonchev–Trinajstić information content (AvgIpc) is 3.10. The van der Waals surface area contributed by atoms with Crippen LogP contribution in [0.3, 0.4) is 0 Å². The van der Waals surface area contributed by atoms with E-state index in [0.29, 0.717) is 12.0 Å². The van der Waals surface area contributed by atoms with Crippen molar-refractivity contribution >= 4 is 0 Å². The summed E-state index contributed by atoms with van der Waals surface area (Å²) in [4.78, 5) is 6.76. The van der Waals surface area contributed by atoms with Gasteiger partial charge in [-0.3, -0.25) is 15.0 Å². The van der Waals surface area contributed by atoms with Crippen LogP contribution >= 0.6 is 0 Å². The highest BCUT2D eigenvalue weighted by molar-refractivity contribution is 5.61. The fraction of sp³-hybridized carbons (Fsp3) is 0.579. The minimum atomic E-state index is 0.553. The topological polar surface area (TPSA) is 66.1 Å². The van der Waals surface area contributed by atoms with Crippen LogP contribution in [0.1, 0.15) is 25.8 Å². The summed E-state index contributed by atoms with van der Waals surface area (Å²) < 4.78 is 5.50. The molecule has 1 aliphatic rings. The summed E-state index contributed by atoms with van der Waals surface area (Å²) in [6.07, 6.45) is 6.76. The molecule has 6 nitrogen and oxygen atoms in total. The lowest BCUT2D eigenvalue weighted by Gasteiger charge is -2.35. The first-order valence-electron chi connectivity index (χ1n) is 9.19. The van der Waals surface area contributed by atoms with E-state index in [1.165, 1.54) is 12.0 Å². The fourth-order valence-corrected chi connectivity index (χ4v) is 3.43. The summed E-state index contributed by atoms with van der Waals surface area (Å²) in [6.45, 7) is 10.1. The maximum atomic E-state index is 5.50. The van der Waals surface area contributed by atoms with Crippen LogP contribution in [-0.4, -0.2) is 59.0 Å². The average molecular weight is 343 g/mol. The number of aromatic amines is 1. The Balaban J connectivity index is 1.58. The van der Waals surface area contributed by atoms with E-state index < -0.39 is 0 Å². The van der Waals surface area contributed by atoms with Gasteiger partial charge in [-0.05, 0) is 24.5 Å². The van der Waals surface area contributed by atoms with Crippen LogP contribution in [0.5, 0.6) is 0 Å². The second-order valence-corrected chi connectivity index (χ2v) is 7.07. The first-order valence-corrected chi connectivity index (χ1v) is 9.19. The smallest absolute Gasteiger partial charge is 0.0710 e. The van der Waals surface area contributed by atoms with Gasteiger partial charge in [0.15, 0.2) is 0 Å². The third-order valence-electron chi connectivity index (χ3n) is 4.67. The molecule has 0 bridgehead atoms. The molecule has 25 heavy (non-hydrogen) atoms. The quantitative estimate of drug-likeness (QED) is 0.770. The molecule has 0 amide bonds. The van der Waals surface area contributed by atoms with Crippen molar-refractivity contribution in [2.24, 2.45) is 5.92 Å². The molecule has 0 aliphatic carbocycles. The molecule has 0 saturated carbocycles. The van der Waals surface area contributed by atoms with Crippen LogP contribution in [0.15, 0.2) is 30.7 Å². The zero-order valence-electron chi connectivity index (χ0n) is 15.2. The zero-order chi connectivity index (χ0) is 17.5. The Morgan fingerprint density at radius 1 is 1.28 bits per heavy atom. The van der Waals surface area contributed by atoms with Gasteiger partial charge in [0.25, 0.3) is 0 Å². The lowest BCUT2D eigenvalue weighted by Crippen LogP contribution is -2.48. The van der Waals surface area contributed by atoms with Crippen molar-refractivity contribution < 1.29 is 4.74 Å². The summed E-state index contributed by atoms with van der Waals surface area (Å²) >= 11 is 0. The minimum Gasteiger partial charge on any atom is -0.379 e. The molecule has 6 heteroatoms. The first kappa shape index (κ1) is 18.0. The number of pyridine rings is 1. The molecule has 1 aliphatic heterocycles. The highest BCUT2D eigenvalue weighted by atomic mass is 16.5. The van der Waals surface area contributed by atoms with Crippen LogP contribution in [0, 0.1) is 5.92 Å². The number of morpholine rings is 1. The fourth-order valence-electron chi connectivity index (χ4n) is 3.43. The van der Waals surface area contributed by atoms with E-state index in [4.69, 9.17) is 4.74 Å². The van der Waals surface area contributed by atoms with Gasteiger partial charge in [-0.2, -0.15) is 5.10 Å². The van der Waals surface area contributed by atoms with Gasteiger partial charge in [-0.15, -0.1) is 0 Å². The molecule has 1 fully saturated rings. The second kappa shape index (κ2) is 9.08. The van der Waals surface area contributed by atoms with Crippen molar-refractivity contribution in [2.75, 3.05) is 32.8 Å². The Kier molecular flexibility index (Phi) is 6.55. The SMILES string of the molecule is CC(C)C[C@H](CNCc1cn[nH]c1-c1cccnc1)N1CCOCC1. The van der Waals surface area contributed by atoms with Gasteiger partial charge < -0.3 is 10.1 Å². The third-order valence-corrected chi connectivity index (χ3v) is 4.67. The van der Waals surface area contributed by atoms with E-state index in [2.05, 4.69) is 45.3 Å². The molecule has 1 atom stereocenters. The number of rotatable bonds is 8. The van der Waals surface area contributed by atoms with Crippen molar-refractivity contribution in [1.82, 2.24) is 25.4 Å². The number of ether oxygens (including phenoxy) is 1. The Hall–Kier alpha value is -1.76. The van der Waals surface area contributed by atoms with Crippen molar-refractivity contribution in [1.29, 1.82) is 0 Å². The van der Waals surface area contributed by atoms with Crippen LogP contribution < -0.4 is 5.32 Å². The van der Waals surface area contributed by atoms with Crippen molar-refractivity contribution in [3.05, 3.63) is 36.3 Å². The number of nitrogens with zero attached hydrogens (tertiary/aromatic N) is 3. The normalized spacial score (nSPS) is 17.1. The van der Waals surface area contributed by atoms with Gasteiger partial charge in [0.2, 0.25) is 0 Å². The lowest BCUT2D eigenvalue weighted by molar-refractivity contribution is 0.0123. The summed E-state index contributed by atoms with van der Waals surface area (Å²) in [5.74, 6) is 0.689. The minimum absolute atomic E-state index is 0.553. The van der Waals surface area contributed by atoms with Crippen LogP contribution in [0.4, 0.5) is 0 Å². The van der Waals surface area contributed by atoms with E-state index >= 15 is 0 Å². The van der Waals surface area contributed by atoms with Crippen LogP contribution in [0.25, 0.3) is 11.3 Å². The molecule has 2 N–H and O–H groups in total. The van der Waals surface area contributed by atoms with Crippen LogP contribution in [0.2, 0.25) is 0 Å². The van der Waals surface area contributed by atoms with Gasteiger partial charge in [-0.25, -0.2) is 0 Å². The molecule has 3 heterocycles. The summed E-state index contributed by atoms with van der Waals surface area (Å²) in [7, 11) is 0. The largest absolute Gasteiger partial charge is 0.379 e. The molecule has 2 aromatic rings. The Morgan fingerprint density at radius 3 is 2.84 bits per heavy atom. The monoisotopic (exact) mass is 343 g/mol. The van der Waals surface area contributed by atoms with E-state index in [0.717, 1.165) is 50.7 Å². The first-order chi connectivity index (χ1) is 12.2. The molecule has 3 rings (SSSR count). The predicted molar refractivity (Wildman–Crippen MR) is 99.2 cm³/mol. The van der Waals surface area contributed by atoms with Crippen LogP contribution in [-0.2, 0) is 11.3 Å². The van der Waals surface area contributed by atoms with Crippen molar-refractivity contribution in [2.45, 2.75) is 32.9 Å². The number of H-pyrrole nitrogens is 1. The van der Waals surface area contributed by atoms with Gasteiger partial charge in [0.1, 0.15) is 0 Å². The number of aromatic nitrogens is 3. The van der Waals surface area contributed by atoms with E-state index in [1.54, 1.807) is 6.20 Å². The molecule has 2 aromatic heterocycles. The zero-order valence-corrected chi connectivity index (χ0v) is 15.2. The molecule has 0 unspecified atom stereocenters. The number of hydrogen-bond acceptors (Lipinski definition) is 5. The summed E-state index contributed by atoms with van der Waals surface area (Å²) in [5, 5.41) is 11.0. The highest BCUT2D eigenvalue weighted by Crippen LogP contribution is 2.20. The molecule has 0 radical (unpaired) electrons. The maximum Gasteiger partial charge on any atom is 0.0710 e. The Morgan fingerprint density at radius 2 is 2.12 bits per heavy atom. The molecule has 0 spiro atoms. The summed E-state index contributed by atoms with van der Waals surface area (Å²) in [6, 6.07) is 4.56. The van der Waals surface area contributed by atoms with Gasteiger partial charge in [-0.1, -0.05) is 13.8 Å². The highest BCUT2D eigenvalue weighted by Gasteiger charge is 2.21. The summed E-state index contributed by atoms with van der Waals surface area (Å²) in [5.41, 5.74) is 3.30. The van der Waals surface area contributed by atoms with E-state index in [9.17, 15) is 0 Å². The molecular formula is C19H29N5O. The number of hydrogen-bond donors (Lipinski definition) is 2. The number of nitrogens with one attached hydrogen (secondary N) is 2. The van der Waals surface area contributed by atoms with Gasteiger partial charge >= 0.3 is 0 Å². The predicted octanol–water partition coefficient (Wildman–Crippen LogP) is 2.31. The van der Waals surface area contributed by atoms with Crippen molar-refractivity contribution in [3.8, 4) is 11.3 Å². The lowest BCUT2D eigenvalue weighted by atomic mass is 10.0.